The molecule has 0 aliphatic heterocycles. The van der Waals surface area contributed by atoms with Gasteiger partial charge >= 0.3 is 0 Å². The maximum absolute atomic E-state index is 12.6. The monoisotopic (exact) mass is 580 g/mol. The highest BCUT2D eigenvalue weighted by Gasteiger charge is 2.26. The minimum absolute atomic E-state index is 0.0199. The van der Waals surface area contributed by atoms with Gasteiger partial charge in [0.25, 0.3) is 0 Å². The lowest BCUT2D eigenvalue weighted by atomic mass is 9.98. The zero-order valence-electron chi connectivity index (χ0n) is 24.2. The number of hydrogen-bond donors (Lipinski definition) is 0. The van der Waals surface area contributed by atoms with E-state index in [1.807, 2.05) is 55.0 Å². The summed E-state index contributed by atoms with van der Waals surface area (Å²) in [4.78, 5) is 9.99. The van der Waals surface area contributed by atoms with Crippen LogP contribution in [0.3, 0.4) is 0 Å². The number of aliphatic imine (C=N–C) groups is 1. The molecular formula is C35H30N7O2-. The average Bonchev–Trinajstić information content (AvgIpc) is 3.78. The van der Waals surface area contributed by atoms with E-state index in [4.69, 9.17) is 4.74 Å². The quantitative estimate of drug-likeness (QED) is 0.178. The minimum Gasteiger partial charge on any atom is -0.599 e. The van der Waals surface area contributed by atoms with Crippen molar-refractivity contribution in [1.29, 1.82) is 0 Å². The summed E-state index contributed by atoms with van der Waals surface area (Å²) in [5.41, 5.74) is 9.97. The van der Waals surface area contributed by atoms with Crippen LogP contribution in [0.4, 0.5) is 0 Å². The number of tetrazole rings is 1. The molecule has 0 saturated heterocycles. The van der Waals surface area contributed by atoms with Crippen molar-refractivity contribution in [3.8, 4) is 33.6 Å². The molecule has 2 heterocycles. The fourth-order valence-corrected chi connectivity index (χ4v) is 5.91. The molecule has 7 rings (SSSR count). The number of ether oxygens (including phenoxy) is 1. The van der Waals surface area contributed by atoms with Crippen molar-refractivity contribution < 1.29 is 9.84 Å². The molecule has 44 heavy (non-hydrogen) atoms. The van der Waals surface area contributed by atoms with Crippen molar-refractivity contribution in [3.05, 3.63) is 132 Å². The first-order chi connectivity index (χ1) is 21.6. The zero-order chi connectivity index (χ0) is 29.9. The van der Waals surface area contributed by atoms with E-state index < -0.39 is 6.08 Å². The average molecular weight is 581 g/mol. The Balaban J connectivity index is 0.971. The predicted molar refractivity (Wildman–Crippen MR) is 167 cm³/mol. The van der Waals surface area contributed by atoms with E-state index >= 15 is 0 Å². The van der Waals surface area contributed by atoms with E-state index in [9.17, 15) is 5.11 Å². The van der Waals surface area contributed by atoms with Crippen LogP contribution in [0, 0.1) is 0 Å². The van der Waals surface area contributed by atoms with Crippen molar-refractivity contribution >= 4 is 6.08 Å². The van der Waals surface area contributed by atoms with Crippen molar-refractivity contribution in [1.82, 2.24) is 29.8 Å². The molecule has 1 aliphatic rings. The molecule has 0 atom stereocenters. The molecule has 1 aliphatic carbocycles. The molecule has 218 valence electrons. The second kappa shape index (κ2) is 12.0. The smallest absolute Gasteiger partial charge is 0.205 e. The van der Waals surface area contributed by atoms with Crippen LogP contribution in [-0.4, -0.2) is 49.0 Å². The second-order valence-electron chi connectivity index (χ2n) is 10.8. The van der Waals surface area contributed by atoms with Crippen molar-refractivity contribution in [2.45, 2.75) is 18.9 Å². The Labute approximate surface area is 255 Å². The molecule has 6 aromatic rings. The summed E-state index contributed by atoms with van der Waals surface area (Å²) in [6, 6.07) is 33.1. The Kier molecular flexibility index (Phi) is 7.42. The third-order valence-corrected chi connectivity index (χ3v) is 8.04. The molecule has 0 N–H and O–H groups in total. The SMILES string of the molecule is Cn1nnc(-c2ccccc2-c2ccc(Cn3cncc3CCN=C([O-])OCC3c4ccccc4-c4ccccc43)cc2)n1. The lowest BCUT2D eigenvalue weighted by Gasteiger charge is -2.21. The second-order valence-corrected chi connectivity index (χ2v) is 10.8. The van der Waals surface area contributed by atoms with Gasteiger partial charge in [-0.25, -0.2) is 4.98 Å². The number of imidazole rings is 1. The first-order valence-electron chi connectivity index (χ1n) is 14.6. The number of rotatable bonds is 9. The van der Waals surface area contributed by atoms with Gasteiger partial charge in [0.15, 0.2) is 0 Å². The lowest BCUT2D eigenvalue weighted by molar-refractivity contribution is -0.251. The van der Waals surface area contributed by atoms with Crippen LogP contribution >= 0.6 is 0 Å². The van der Waals surface area contributed by atoms with E-state index in [1.165, 1.54) is 27.1 Å². The molecule has 0 fully saturated rings. The number of aromatic nitrogens is 6. The van der Waals surface area contributed by atoms with Crippen LogP contribution in [0.2, 0.25) is 0 Å². The van der Waals surface area contributed by atoms with Gasteiger partial charge in [-0.1, -0.05) is 97.1 Å². The van der Waals surface area contributed by atoms with Crippen LogP contribution in [0.15, 0.2) is 115 Å². The van der Waals surface area contributed by atoms with E-state index in [0.717, 1.165) is 27.9 Å². The van der Waals surface area contributed by atoms with Crippen LogP contribution in [0.5, 0.6) is 0 Å². The van der Waals surface area contributed by atoms with Gasteiger partial charge in [-0.3, -0.25) is 4.99 Å². The van der Waals surface area contributed by atoms with Gasteiger partial charge in [-0.2, -0.15) is 4.80 Å². The topological polar surface area (TPSA) is 106 Å². The molecule has 0 saturated carbocycles. The largest absolute Gasteiger partial charge is 0.599 e. The lowest BCUT2D eigenvalue weighted by Crippen LogP contribution is -2.24. The molecule has 2 aromatic heterocycles. The molecule has 9 heteroatoms. The first-order valence-corrected chi connectivity index (χ1v) is 14.6. The summed E-state index contributed by atoms with van der Waals surface area (Å²) >= 11 is 0. The van der Waals surface area contributed by atoms with Gasteiger partial charge in [0.05, 0.1) is 13.4 Å². The maximum atomic E-state index is 12.6. The molecule has 0 unspecified atom stereocenters. The summed E-state index contributed by atoms with van der Waals surface area (Å²) in [5, 5.41) is 25.1. The summed E-state index contributed by atoms with van der Waals surface area (Å²) in [5.74, 6) is 0.616. The standard InChI is InChI=1S/C35H31N7O2/c1-41-39-34(38-40-41)32-13-7-2-8-27(32)25-16-14-24(15-17-25)21-42-23-36-20-26(42)18-19-37-35(43)44-22-33-30-11-5-3-9-28(30)29-10-4-6-12-31(29)33/h2-17,20,23,33H,18-19,21-22H2,1H3,(H,37,43)/p-1. The zero-order valence-corrected chi connectivity index (χ0v) is 24.2. The summed E-state index contributed by atoms with van der Waals surface area (Å²) < 4.78 is 7.71. The summed E-state index contributed by atoms with van der Waals surface area (Å²) in [6.45, 7) is 1.26. The van der Waals surface area contributed by atoms with E-state index in [2.05, 4.69) is 84.6 Å². The Morgan fingerprint density at radius 2 is 1.50 bits per heavy atom. The third-order valence-electron chi connectivity index (χ3n) is 8.04. The molecule has 0 radical (unpaired) electrons. The first kappa shape index (κ1) is 27.3. The van der Waals surface area contributed by atoms with Gasteiger partial charge in [-0.05, 0) is 44.2 Å². The normalized spacial score (nSPS) is 12.7. The number of benzene rings is 4. The molecule has 0 amide bonds. The van der Waals surface area contributed by atoms with E-state index in [-0.39, 0.29) is 12.5 Å². The van der Waals surface area contributed by atoms with E-state index in [0.29, 0.717) is 25.3 Å². The molecule has 0 spiro atoms. The van der Waals surface area contributed by atoms with E-state index in [1.54, 1.807) is 7.05 Å². The van der Waals surface area contributed by atoms with Crippen LogP contribution in [0.1, 0.15) is 28.3 Å². The van der Waals surface area contributed by atoms with Gasteiger partial charge in [0, 0.05) is 49.5 Å². The Morgan fingerprint density at radius 3 is 2.18 bits per heavy atom. The Morgan fingerprint density at radius 1 is 0.841 bits per heavy atom. The summed E-state index contributed by atoms with van der Waals surface area (Å²) in [6.07, 6.45) is 3.68. The highest BCUT2D eigenvalue weighted by Crippen LogP contribution is 2.44. The molecule has 4 aromatic carbocycles. The van der Waals surface area contributed by atoms with Crippen molar-refractivity contribution in [3.63, 3.8) is 0 Å². The third kappa shape index (κ3) is 5.47. The number of hydrogen-bond acceptors (Lipinski definition) is 7. The van der Waals surface area contributed by atoms with Gasteiger partial charge in [0.1, 0.15) is 6.08 Å². The highest BCUT2D eigenvalue weighted by atomic mass is 16.6. The Bertz CT molecular complexity index is 1900. The Hall–Kier alpha value is -5.57. The van der Waals surface area contributed by atoms with Gasteiger partial charge < -0.3 is 14.4 Å². The van der Waals surface area contributed by atoms with Crippen molar-refractivity contribution in [2.75, 3.05) is 13.2 Å². The van der Waals surface area contributed by atoms with Crippen molar-refractivity contribution in [2.24, 2.45) is 12.0 Å². The maximum Gasteiger partial charge on any atom is 0.205 e. The number of nitrogens with zero attached hydrogens (tertiary/aromatic N) is 7. The minimum atomic E-state index is -0.537. The predicted octanol–water partition coefficient (Wildman–Crippen LogP) is 4.88. The molecule has 9 nitrogen and oxygen atoms in total. The summed E-state index contributed by atoms with van der Waals surface area (Å²) in [7, 11) is 1.76. The van der Waals surface area contributed by atoms with Crippen LogP contribution in [0.25, 0.3) is 33.6 Å². The number of fused-ring (bicyclic) bond motifs is 3. The fraction of sp³-hybridized carbons (Fsp3) is 0.171. The van der Waals surface area contributed by atoms with Crippen LogP contribution in [-0.2, 0) is 24.8 Å². The molecular weight excluding hydrogens is 550 g/mol. The number of aryl methyl sites for hydroxylation is 1. The molecule has 0 bridgehead atoms. The fourth-order valence-electron chi connectivity index (χ4n) is 5.91. The highest BCUT2D eigenvalue weighted by molar-refractivity contribution is 5.80. The van der Waals surface area contributed by atoms with Crippen LogP contribution < -0.4 is 5.11 Å². The van der Waals surface area contributed by atoms with Gasteiger partial charge in [-0.15, -0.1) is 10.2 Å². The van der Waals surface area contributed by atoms with Gasteiger partial charge in [0.2, 0.25) is 5.82 Å².